The van der Waals surface area contributed by atoms with E-state index in [4.69, 9.17) is 0 Å². The molecule has 2 heterocycles. The number of hydrogen-bond donors (Lipinski definition) is 2. The summed E-state index contributed by atoms with van der Waals surface area (Å²) < 4.78 is 0. The van der Waals surface area contributed by atoms with Crippen LogP contribution >= 0.6 is 23.1 Å². The van der Waals surface area contributed by atoms with Crippen LogP contribution in [0.15, 0.2) is 24.3 Å². The molecule has 0 aliphatic carbocycles. The van der Waals surface area contributed by atoms with Crippen molar-refractivity contribution in [3.8, 4) is 0 Å². The highest BCUT2D eigenvalue weighted by atomic mass is 32.2. The molecule has 0 radical (unpaired) electrons. The third-order valence-corrected chi connectivity index (χ3v) is 7.71. The maximum atomic E-state index is 12.4. The van der Waals surface area contributed by atoms with Gasteiger partial charge in [-0.15, -0.1) is 22.0 Å². The fourth-order valence-electron chi connectivity index (χ4n) is 3.71. The van der Waals surface area contributed by atoms with Gasteiger partial charge in [0.2, 0.25) is 10.9 Å². The monoisotopic (exact) mass is 475 g/mol. The molecule has 32 heavy (non-hydrogen) atoms. The number of anilines is 1. The summed E-state index contributed by atoms with van der Waals surface area (Å²) in [6.45, 7) is 7.27. The molecule has 1 aromatic carbocycles. The molecule has 174 valence electrons. The molecule has 1 fully saturated rings. The fraction of sp³-hybridized carbons (Fsp3) is 0.565. The van der Waals surface area contributed by atoms with Gasteiger partial charge in [-0.25, -0.2) is 0 Å². The zero-order chi connectivity index (χ0) is 22.8. The second kappa shape index (κ2) is 12.9. The first-order valence-electron chi connectivity index (χ1n) is 11.3. The third-order valence-electron chi connectivity index (χ3n) is 5.66. The van der Waals surface area contributed by atoms with Crippen molar-refractivity contribution in [3.05, 3.63) is 39.8 Å². The Morgan fingerprint density at radius 3 is 2.66 bits per heavy atom. The zero-order valence-electron chi connectivity index (χ0n) is 18.9. The summed E-state index contributed by atoms with van der Waals surface area (Å²) in [7, 11) is 0. The number of likely N-dealkylation sites (tertiary alicyclic amines) is 1. The Morgan fingerprint density at radius 2 is 1.91 bits per heavy atom. The predicted octanol–water partition coefficient (Wildman–Crippen LogP) is 4.10. The lowest BCUT2D eigenvalue weighted by molar-refractivity contribution is -0.118. The van der Waals surface area contributed by atoms with Crippen molar-refractivity contribution in [3.63, 3.8) is 0 Å². The van der Waals surface area contributed by atoms with Gasteiger partial charge in [-0.2, -0.15) is 0 Å². The summed E-state index contributed by atoms with van der Waals surface area (Å²) in [6, 6.07) is 8.12. The Balaban J connectivity index is 1.33. The number of nitrogens with one attached hydrogen (secondary N) is 2. The second-order valence-corrected chi connectivity index (χ2v) is 10.2. The van der Waals surface area contributed by atoms with E-state index in [0.29, 0.717) is 29.1 Å². The predicted molar refractivity (Wildman–Crippen MR) is 132 cm³/mol. The molecule has 2 amide bonds. The molecular formula is C23H33N5O2S2. The number of rotatable bonds is 10. The van der Waals surface area contributed by atoms with Crippen LogP contribution in [0.4, 0.5) is 5.69 Å². The van der Waals surface area contributed by atoms with Crippen molar-refractivity contribution < 1.29 is 9.59 Å². The highest BCUT2D eigenvalue weighted by Gasteiger charge is 2.16. The van der Waals surface area contributed by atoms with E-state index in [0.717, 1.165) is 22.7 Å². The maximum Gasteiger partial charge on any atom is 0.286 e. The Bertz CT molecular complexity index is 881. The molecule has 1 aliphatic rings. The maximum absolute atomic E-state index is 12.4. The van der Waals surface area contributed by atoms with E-state index in [2.05, 4.69) is 32.7 Å². The van der Waals surface area contributed by atoms with Crippen LogP contribution in [0, 0.1) is 6.92 Å². The molecular weight excluding hydrogens is 442 g/mol. The first-order chi connectivity index (χ1) is 15.5. The van der Waals surface area contributed by atoms with Crippen molar-refractivity contribution in [2.45, 2.75) is 57.7 Å². The molecule has 7 nitrogen and oxygen atoms in total. The van der Waals surface area contributed by atoms with E-state index in [9.17, 15) is 9.59 Å². The van der Waals surface area contributed by atoms with Gasteiger partial charge in [0.25, 0.3) is 5.91 Å². The normalized spacial score (nSPS) is 15.7. The summed E-state index contributed by atoms with van der Waals surface area (Å²) >= 11 is 2.75. The van der Waals surface area contributed by atoms with E-state index in [1.807, 2.05) is 31.2 Å². The van der Waals surface area contributed by atoms with Gasteiger partial charge in [-0.1, -0.05) is 42.4 Å². The van der Waals surface area contributed by atoms with Gasteiger partial charge in [0.15, 0.2) is 0 Å². The quantitative estimate of drug-likeness (QED) is 0.538. The Labute approximate surface area is 198 Å². The van der Waals surface area contributed by atoms with Gasteiger partial charge < -0.3 is 15.5 Å². The number of para-hydroxylation sites is 1. The SMILES string of the molecule is Cc1ccccc1NC(=O)c1nnc(CSCC(=O)NCCC(C)N2CCCCCC2)s1. The van der Waals surface area contributed by atoms with Crippen molar-refractivity contribution in [1.29, 1.82) is 0 Å². The van der Waals surface area contributed by atoms with Gasteiger partial charge in [0.05, 0.1) is 5.75 Å². The molecule has 2 aromatic rings. The lowest BCUT2D eigenvalue weighted by atomic mass is 10.2. The van der Waals surface area contributed by atoms with Crippen molar-refractivity contribution in [1.82, 2.24) is 20.4 Å². The molecule has 0 spiro atoms. The molecule has 1 saturated heterocycles. The molecule has 1 unspecified atom stereocenters. The number of aryl methyl sites for hydroxylation is 1. The van der Waals surface area contributed by atoms with E-state index < -0.39 is 0 Å². The Hall–Kier alpha value is -1.97. The van der Waals surface area contributed by atoms with Gasteiger partial charge in [-0.05, 0) is 57.8 Å². The number of carbonyl (C=O) groups excluding carboxylic acids is 2. The number of hydrogen-bond acceptors (Lipinski definition) is 7. The summed E-state index contributed by atoms with van der Waals surface area (Å²) in [4.78, 5) is 27.1. The molecule has 1 aliphatic heterocycles. The van der Waals surface area contributed by atoms with E-state index in [1.54, 1.807) is 0 Å². The molecule has 1 aromatic heterocycles. The van der Waals surface area contributed by atoms with Gasteiger partial charge in [0.1, 0.15) is 5.01 Å². The number of amides is 2. The molecule has 0 bridgehead atoms. The van der Waals surface area contributed by atoms with Crippen LogP contribution in [0.1, 0.15) is 59.4 Å². The largest absolute Gasteiger partial charge is 0.355 e. The lowest BCUT2D eigenvalue weighted by Crippen LogP contribution is -2.37. The minimum absolute atomic E-state index is 0.0418. The van der Waals surface area contributed by atoms with Gasteiger partial charge >= 0.3 is 0 Å². The van der Waals surface area contributed by atoms with Crippen LogP contribution in [0.5, 0.6) is 0 Å². The van der Waals surface area contributed by atoms with Crippen LogP contribution in [0.25, 0.3) is 0 Å². The molecule has 1 atom stereocenters. The molecule has 2 N–H and O–H groups in total. The lowest BCUT2D eigenvalue weighted by Gasteiger charge is -2.27. The number of nitrogens with zero attached hydrogens (tertiary/aromatic N) is 3. The summed E-state index contributed by atoms with van der Waals surface area (Å²) in [5, 5.41) is 15.1. The smallest absolute Gasteiger partial charge is 0.286 e. The molecule has 3 rings (SSSR count). The van der Waals surface area contributed by atoms with Crippen LogP contribution in [0.3, 0.4) is 0 Å². The number of carbonyl (C=O) groups is 2. The highest BCUT2D eigenvalue weighted by molar-refractivity contribution is 7.99. The third kappa shape index (κ3) is 7.86. The van der Waals surface area contributed by atoms with E-state index >= 15 is 0 Å². The number of benzene rings is 1. The first kappa shape index (κ1) is 24.7. The van der Waals surface area contributed by atoms with Crippen molar-refractivity contribution in [2.24, 2.45) is 0 Å². The van der Waals surface area contributed by atoms with E-state index in [-0.39, 0.29) is 11.8 Å². The topological polar surface area (TPSA) is 87.2 Å². The second-order valence-electron chi connectivity index (χ2n) is 8.20. The minimum Gasteiger partial charge on any atom is -0.355 e. The average molecular weight is 476 g/mol. The number of aromatic nitrogens is 2. The number of thioether (sulfide) groups is 1. The summed E-state index contributed by atoms with van der Waals surface area (Å²) in [5.74, 6) is 0.722. The standard InChI is InChI=1S/C23H33N5O2S2/c1-17-9-5-6-10-19(17)25-22(30)23-27-26-21(32-23)16-31-15-20(29)24-12-11-18(2)28-13-7-3-4-8-14-28/h5-6,9-10,18H,3-4,7-8,11-16H2,1-2H3,(H,24,29)(H,25,30). The zero-order valence-corrected chi connectivity index (χ0v) is 20.6. The molecule has 9 heteroatoms. The van der Waals surface area contributed by atoms with Crippen LogP contribution in [0.2, 0.25) is 0 Å². The Kier molecular flexibility index (Phi) is 9.95. The molecule has 0 saturated carbocycles. The minimum atomic E-state index is -0.260. The van der Waals surface area contributed by atoms with Crippen LogP contribution in [-0.4, -0.2) is 58.3 Å². The van der Waals surface area contributed by atoms with Crippen molar-refractivity contribution in [2.75, 3.05) is 30.7 Å². The van der Waals surface area contributed by atoms with Crippen molar-refractivity contribution >= 4 is 40.6 Å². The highest BCUT2D eigenvalue weighted by Crippen LogP contribution is 2.19. The van der Waals surface area contributed by atoms with Gasteiger partial charge in [0, 0.05) is 24.0 Å². The van der Waals surface area contributed by atoms with E-state index in [1.165, 1.54) is 61.9 Å². The summed E-state index contributed by atoms with van der Waals surface area (Å²) in [6.07, 6.45) is 6.23. The average Bonchev–Trinajstić information content (AvgIpc) is 3.08. The fourth-order valence-corrected chi connectivity index (χ4v) is 5.35. The van der Waals surface area contributed by atoms with Crippen LogP contribution < -0.4 is 10.6 Å². The Morgan fingerprint density at radius 1 is 1.16 bits per heavy atom. The van der Waals surface area contributed by atoms with Gasteiger partial charge in [-0.3, -0.25) is 9.59 Å². The first-order valence-corrected chi connectivity index (χ1v) is 13.3. The summed E-state index contributed by atoms with van der Waals surface area (Å²) in [5.41, 5.74) is 1.76. The van der Waals surface area contributed by atoms with Crippen LogP contribution in [-0.2, 0) is 10.5 Å².